The number of sulfonamides is 1. The molecule has 0 heterocycles. The van der Waals surface area contributed by atoms with Crippen molar-refractivity contribution in [2.75, 3.05) is 6.54 Å². The molecular formula is C19H22N2O5S. The molecule has 0 aliphatic heterocycles. The number of hydrogen-bond donors (Lipinski definition) is 3. The van der Waals surface area contributed by atoms with Gasteiger partial charge in [-0.2, -0.15) is 0 Å². The summed E-state index contributed by atoms with van der Waals surface area (Å²) in [4.78, 5) is 23.9. The van der Waals surface area contributed by atoms with Crippen molar-refractivity contribution in [3.63, 3.8) is 0 Å². The Morgan fingerprint density at radius 3 is 2.37 bits per heavy atom. The highest BCUT2D eigenvalue weighted by Crippen LogP contribution is 2.20. The van der Waals surface area contributed by atoms with E-state index >= 15 is 0 Å². The first kappa shape index (κ1) is 20.6. The molecule has 1 atom stereocenters. The SMILES string of the molecule is CCNS(=O)(=O)c1ccc(C)c(C(=O)NC(CC(=O)O)c2ccccc2)c1. The molecule has 0 bridgehead atoms. The zero-order chi connectivity index (χ0) is 20.0. The molecule has 0 spiro atoms. The van der Waals surface area contributed by atoms with Crippen molar-refractivity contribution in [2.45, 2.75) is 31.2 Å². The Morgan fingerprint density at radius 2 is 1.78 bits per heavy atom. The van der Waals surface area contributed by atoms with Crippen LogP contribution >= 0.6 is 0 Å². The van der Waals surface area contributed by atoms with Crippen LogP contribution in [0.1, 0.15) is 40.9 Å². The molecule has 0 fully saturated rings. The fourth-order valence-electron chi connectivity index (χ4n) is 2.63. The largest absolute Gasteiger partial charge is 0.481 e. The molecule has 3 N–H and O–H groups in total. The number of rotatable bonds is 8. The van der Waals surface area contributed by atoms with Gasteiger partial charge in [0.15, 0.2) is 0 Å². The average molecular weight is 390 g/mol. The Bertz CT molecular complexity index is 926. The second-order valence-corrected chi connectivity index (χ2v) is 7.78. The first-order chi connectivity index (χ1) is 12.7. The monoisotopic (exact) mass is 390 g/mol. The van der Waals surface area contributed by atoms with Crippen molar-refractivity contribution in [3.05, 3.63) is 65.2 Å². The molecular weight excluding hydrogens is 368 g/mol. The number of benzene rings is 2. The molecule has 27 heavy (non-hydrogen) atoms. The number of carbonyl (C=O) groups is 2. The molecule has 2 aromatic rings. The van der Waals surface area contributed by atoms with Gasteiger partial charge in [-0.1, -0.05) is 43.3 Å². The molecule has 0 saturated carbocycles. The van der Waals surface area contributed by atoms with E-state index in [9.17, 15) is 18.0 Å². The van der Waals surface area contributed by atoms with Gasteiger partial charge in [0.1, 0.15) is 0 Å². The minimum Gasteiger partial charge on any atom is -0.481 e. The molecule has 2 aromatic carbocycles. The molecule has 1 amide bonds. The summed E-state index contributed by atoms with van der Waals surface area (Å²) in [7, 11) is -3.71. The van der Waals surface area contributed by atoms with Gasteiger partial charge in [0, 0.05) is 12.1 Å². The lowest BCUT2D eigenvalue weighted by Crippen LogP contribution is -2.31. The lowest BCUT2D eigenvalue weighted by Gasteiger charge is -2.18. The van der Waals surface area contributed by atoms with E-state index in [1.165, 1.54) is 12.1 Å². The van der Waals surface area contributed by atoms with E-state index in [-0.39, 0.29) is 23.4 Å². The summed E-state index contributed by atoms with van der Waals surface area (Å²) in [5.41, 5.74) is 1.42. The van der Waals surface area contributed by atoms with Crippen LogP contribution in [0.25, 0.3) is 0 Å². The standard InChI is InChI=1S/C19H22N2O5S/c1-3-20-27(25,26)15-10-9-13(2)16(11-15)19(24)21-17(12-18(22)23)14-7-5-4-6-8-14/h4-11,17,20H,3,12H2,1-2H3,(H,21,24)(H,22,23). The van der Waals surface area contributed by atoms with Crippen molar-refractivity contribution in [2.24, 2.45) is 0 Å². The third kappa shape index (κ3) is 5.38. The smallest absolute Gasteiger partial charge is 0.305 e. The van der Waals surface area contributed by atoms with Gasteiger partial charge in [-0.05, 0) is 30.2 Å². The Morgan fingerprint density at radius 1 is 1.11 bits per heavy atom. The Balaban J connectivity index is 2.34. The maximum Gasteiger partial charge on any atom is 0.305 e. The summed E-state index contributed by atoms with van der Waals surface area (Å²) < 4.78 is 26.8. The summed E-state index contributed by atoms with van der Waals surface area (Å²) in [5.74, 6) is -1.58. The zero-order valence-electron chi connectivity index (χ0n) is 15.1. The molecule has 0 aliphatic carbocycles. The molecule has 8 heteroatoms. The highest BCUT2D eigenvalue weighted by Gasteiger charge is 2.22. The summed E-state index contributed by atoms with van der Waals surface area (Å²) in [6, 6.07) is 12.3. The normalized spacial score (nSPS) is 12.4. The lowest BCUT2D eigenvalue weighted by molar-refractivity contribution is -0.137. The molecule has 0 aliphatic rings. The van der Waals surface area contributed by atoms with Crippen LogP contribution in [0.15, 0.2) is 53.4 Å². The Hall–Kier alpha value is -2.71. The quantitative estimate of drug-likeness (QED) is 0.640. The fraction of sp³-hybridized carbons (Fsp3) is 0.263. The van der Waals surface area contributed by atoms with Gasteiger partial charge in [-0.25, -0.2) is 13.1 Å². The van der Waals surface area contributed by atoms with E-state index in [1.54, 1.807) is 50.2 Å². The number of carboxylic acid groups (broad SMARTS) is 1. The van der Waals surface area contributed by atoms with E-state index in [0.717, 1.165) is 0 Å². The third-order valence-corrected chi connectivity index (χ3v) is 5.53. The molecule has 2 rings (SSSR count). The Labute approximate surface area is 158 Å². The molecule has 7 nitrogen and oxygen atoms in total. The second kappa shape index (κ2) is 8.79. The van der Waals surface area contributed by atoms with Crippen LogP contribution in [0.4, 0.5) is 0 Å². The zero-order valence-corrected chi connectivity index (χ0v) is 15.9. The number of aliphatic carboxylic acids is 1. The maximum atomic E-state index is 12.7. The number of carbonyl (C=O) groups excluding carboxylic acids is 1. The molecule has 0 aromatic heterocycles. The highest BCUT2D eigenvalue weighted by molar-refractivity contribution is 7.89. The van der Waals surface area contributed by atoms with Crippen molar-refractivity contribution in [1.29, 1.82) is 0 Å². The third-order valence-electron chi connectivity index (χ3n) is 3.98. The summed E-state index contributed by atoms with van der Waals surface area (Å²) in [5, 5.41) is 11.9. The van der Waals surface area contributed by atoms with Crippen LogP contribution in [0.2, 0.25) is 0 Å². The topological polar surface area (TPSA) is 113 Å². The van der Waals surface area contributed by atoms with Crippen LogP contribution in [0.3, 0.4) is 0 Å². The van der Waals surface area contributed by atoms with E-state index in [4.69, 9.17) is 5.11 Å². The summed E-state index contributed by atoms with van der Waals surface area (Å²) in [6.07, 6.45) is -0.288. The van der Waals surface area contributed by atoms with E-state index in [0.29, 0.717) is 11.1 Å². The molecule has 144 valence electrons. The van der Waals surface area contributed by atoms with Gasteiger partial charge < -0.3 is 10.4 Å². The minimum atomic E-state index is -3.71. The van der Waals surface area contributed by atoms with E-state index in [2.05, 4.69) is 10.0 Å². The van der Waals surface area contributed by atoms with Gasteiger partial charge in [0.05, 0.1) is 17.4 Å². The number of nitrogens with one attached hydrogen (secondary N) is 2. The van der Waals surface area contributed by atoms with Crippen molar-refractivity contribution in [3.8, 4) is 0 Å². The minimum absolute atomic E-state index is 0.0189. The Kier molecular flexibility index (Phi) is 6.70. The van der Waals surface area contributed by atoms with Gasteiger partial charge in [0.25, 0.3) is 5.91 Å². The fourth-order valence-corrected chi connectivity index (χ4v) is 3.70. The van der Waals surface area contributed by atoms with Gasteiger partial charge in [-0.15, -0.1) is 0 Å². The van der Waals surface area contributed by atoms with Crippen molar-refractivity contribution in [1.82, 2.24) is 10.0 Å². The van der Waals surface area contributed by atoms with Crippen molar-refractivity contribution < 1.29 is 23.1 Å². The summed E-state index contributed by atoms with van der Waals surface area (Å²) in [6.45, 7) is 3.58. The van der Waals surface area contributed by atoms with Crippen LogP contribution < -0.4 is 10.0 Å². The van der Waals surface area contributed by atoms with Gasteiger partial charge in [0.2, 0.25) is 10.0 Å². The lowest BCUT2D eigenvalue weighted by atomic mass is 10.0. The van der Waals surface area contributed by atoms with E-state index in [1.807, 2.05) is 0 Å². The average Bonchev–Trinajstić information content (AvgIpc) is 2.61. The van der Waals surface area contributed by atoms with Gasteiger partial charge >= 0.3 is 5.97 Å². The predicted molar refractivity (Wildman–Crippen MR) is 101 cm³/mol. The number of amides is 1. The van der Waals surface area contributed by atoms with Crippen LogP contribution in [0, 0.1) is 6.92 Å². The van der Waals surface area contributed by atoms with Crippen molar-refractivity contribution >= 4 is 21.9 Å². The summed E-state index contributed by atoms with van der Waals surface area (Å²) >= 11 is 0. The predicted octanol–water partition coefficient (Wildman–Crippen LogP) is 2.24. The molecule has 0 radical (unpaired) electrons. The van der Waals surface area contributed by atoms with Gasteiger partial charge in [-0.3, -0.25) is 9.59 Å². The van der Waals surface area contributed by atoms with Crippen LogP contribution in [-0.4, -0.2) is 31.9 Å². The number of carboxylic acids is 1. The number of hydrogen-bond acceptors (Lipinski definition) is 4. The van der Waals surface area contributed by atoms with E-state index < -0.39 is 27.9 Å². The highest BCUT2D eigenvalue weighted by atomic mass is 32.2. The number of aryl methyl sites for hydroxylation is 1. The first-order valence-electron chi connectivity index (χ1n) is 8.42. The maximum absolute atomic E-state index is 12.7. The van der Waals surface area contributed by atoms with Crippen LogP contribution in [0.5, 0.6) is 0 Å². The molecule has 1 unspecified atom stereocenters. The molecule has 0 saturated heterocycles. The second-order valence-electron chi connectivity index (χ2n) is 6.01. The van der Waals surface area contributed by atoms with Crippen LogP contribution in [-0.2, 0) is 14.8 Å². The first-order valence-corrected chi connectivity index (χ1v) is 9.91.